The molecular formula is C31H44S. The maximum absolute atomic E-state index is 2.68. The van der Waals surface area contributed by atoms with Crippen LogP contribution in [-0.4, -0.2) is 0 Å². The fourth-order valence-corrected chi connectivity index (χ4v) is 8.74. The number of rotatable bonds is 6. The minimum atomic E-state index is 0.235. The maximum Gasteiger partial charge on any atom is 0.0203 e. The average Bonchev–Trinajstić information content (AvgIpc) is 3.15. The summed E-state index contributed by atoms with van der Waals surface area (Å²) in [5.41, 5.74) is 9.10. The Morgan fingerprint density at radius 1 is 0.688 bits per heavy atom. The minimum Gasteiger partial charge on any atom is -0.0895 e. The van der Waals surface area contributed by atoms with Gasteiger partial charge in [-0.3, -0.25) is 0 Å². The number of hydrogen-bond acceptors (Lipinski definition) is 1. The van der Waals surface area contributed by atoms with Crippen LogP contribution in [-0.2, 0) is 21.7 Å². The zero-order valence-electron chi connectivity index (χ0n) is 22.0. The van der Waals surface area contributed by atoms with E-state index >= 15 is 0 Å². The van der Waals surface area contributed by atoms with Crippen molar-refractivity contribution in [3.8, 4) is 0 Å². The highest BCUT2D eigenvalue weighted by Crippen LogP contribution is 2.63. The Balaban J connectivity index is 2.11. The molecule has 0 heterocycles. The van der Waals surface area contributed by atoms with Crippen LogP contribution >= 0.6 is 11.8 Å². The van der Waals surface area contributed by atoms with Crippen molar-refractivity contribution >= 4 is 11.8 Å². The van der Waals surface area contributed by atoms with Crippen molar-refractivity contribution in [3.05, 3.63) is 58.1 Å². The van der Waals surface area contributed by atoms with E-state index < -0.39 is 0 Å². The van der Waals surface area contributed by atoms with Crippen LogP contribution in [0.15, 0.2) is 40.1 Å². The zero-order chi connectivity index (χ0) is 23.5. The van der Waals surface area contributed by atoms with Gasteiger partial charge < -0.3 is 0 Å². The molecule has 0 aromatic heterocycles. The molecule has 32 heavy (non-hydrogen) atoms. The van der Waals surface area contributed by atoms with E-state index in [4.69, 9.17) is 0 Å². The Morgan fingerprint density at radius 3 is 1.47 bits per heavy atom. The molecule has 2 aliphatic rings. The molecule has 0 nitrogen and oxygen atoms in total. The van der Waals surface area contributed by atoms with Crippen LogP contribution in [0.2, 0.25) is 0 Å². The first kappa shape index (κ1) is 23.9. The van der Waals surface area contributed by atoms with Gasteiger partial charge in [-0.1, -0.05) is 90.9 Å². The summed E-state index contributed by atoms with van der Waals surface area (Å²) in [5, 5.41) is 0. The van der Waals surface area contributed by atoms with Gasteiger partial charge in [0.1, 0.15) is 0 Å². The third-order valence-electron chi connectivity index (χ3n) is 9.31. The monoisotopic (exact) mass is 448 g/mol. The molecule has 2 aromatic rings. The van der Waals surface area contributed by atoms with Gasteiger partial charge in [0.25, 0.3) is 0 Å². The van der Waals surface area contributed by atoms with E-state index in [2.05, 4.69) is 104 Å². The first-order valence-corrected chi connectivity index (χ1v) is 13.8. The van der Waals surface area contributed by atoms with Gasteiger partial charge in [-0.15, -0.1) is 0 Å². The highest BCUT2D eigenvalue weighted by atomic mass is 32.2. The van der Waals surface area contributed by atoms with Crippen molar-refractivity contribution < 1.29 is 0 Å². The second-order valence-corrected chi connectivity index (χ2v) is 13.1. The molecule has 0 saturated heterocycles. The SMILES string of the molecule is CCC1(CC)CC(C)(C)c2cc3c(c(Sc4ccc(C)cc4)c21)C(CC)(CC)CC3(C)C. The molecule has 0 atom stereocenters. The smallest absolute Gasteiger partial charge is 0.0203 e. The normalized spacial score (nSPS) is 21.4. The van der Waals surface area contributed by atoms with Gasteiger partial charge in [0, 0.05) is 9.79 Å². The second kappa shape index (κ2) is 7.93. The third-order valence-corrected chi connectivity index (χ3v) is 10.4. The molecule has 0 bridgehead atoms. The lowest BCUT2D eigenvalue weighted by Crippen LogP contribution is -2.27. The van der Waals surface area contributed by atoms with E-state index in [0.717, 1.165) is 0 Å². The predicted octanol–water partition coefficient (Wildman–Crippen LogP) is 9.62. The van der Waals surface area contributed by atoms with Gasteiger partial charge in [-0.05, 0) is 101 Å². The second-order valence-electron chi connectivity index (χ2n) is 12.1. The summed E-state index contributed by atoms with van der Waals surface area (Å²) in [7, 11) is 0. The van der Waals surface area contributed by atoms with Gasteiger partial charge >= 0.3 is 0 Å². The highest BCUT2D eigenvalue weighted by Gasteiger charge is 2.53. The molecular weight excluding hydrogens is 404 g/mol. The summed E-state index contributed by atoms with van der Waals surface area (Å²) in [6.07, 6.45) is 7.48. The van der Waals surface area contributed by atoms with Crippen LogP contribution in [0.3, 0.4) is 0 Å². The number of fused-ring (bicyclic) bond motifs is 2. The zero-order valence-corrected chi connectivity index (χ0v) is 22.9. The molecule has 0 amide bonds. The van der Waals surface area contributed by atoms with Crippen LogP contribution in [0.25, 0.3) is 0 Å². The summed E-state index contributed by atoms with van der Waals surface area (Å²) in [5.74, 6) is 0. The van der Waals surface area contributed by atoms with Crippen LogP contribution in [0, 0.1) is 6.92 Å². The molecule has 0 fully saturated rings. The molecule has 1 heteroatoms. The van der Waals surface area contributed by atoms with Gasteiger partial charge in [0.15, 0.2) is 0 Å². The van der Waals surface area contributed by atoms with Crippen LogP contribution < -0.4 is 0 Å². The Morgan fingerprint density at radius 2 is 1.09 bits per heavy atom. The Kier molecular flexibility index (Phi) is 5.93. The van der Waals surface area contributed by atoms with E-state index in [-0.39, 0.29) is 10.8 Å². The fourth-order valence-electron chi connectivity index (χ4n) is 7.37. The summed E-state index contributed by atoms with van der Waals surface area (Å²) in [6, 6.07) is 11.9. The summed E-state index contributed by atoms with van der Waals surface area (Å²) in [4.78, 5) is 3.02. The molecule has 0 radical (unpaired) electrons. The van der Waals surface area contributed by atoms with Crippen LogP contribution in [0.4, 0.5) is 0 Å². The lowest BCUT2D eigenvalue weighted by Gasteiger charge is -2.35. The van der Waals surface area contributed by atoms with Crippen molar-refractivity contribution in [2.75, 3.05) is 0 Å². The van der Waals surface area contributed by atoms with Crippen molar-refractivity contribution in [1.29, 1.82) is 0 Å². The summed E-state index contributed by atoms with van der Waals surface area (Å²) < 4.78 is 0. The predicted molar refractivity (Wildman–Crippen MR) is 142 cm³/mol. The molecule has 0 N–H and O–H groups in total. The first-order chi connectivity index (χ1) is 15.0. The quantitative estimate of drug-likeness (QED) is 0.424. The average molecular weight is 449 g/mol. The first-order valence-electron chi connectivity index (χ1n) is 13.0. The van der Waals surface area contributed by atoms with Crippen LogP contribution in [0.5, 0.6) is 0 Å². The standard InChI is InChI=1S/C31H44S/c1-10-30(11-2)19-28(6,7)23-18-24-26(31(12-3,13-4)20-29(24,8)9)27(25(23)30)32-22-16-14-21(5)15-17-22/h14-18H,10-13,19-20H2,1-9H3. The lowest BCUT2D eigenvalue weighted by molar-refractivity contribution is 0.316. The molecule has 0 spiro atoms. The van der Waals surface area contributed by atoms with Crippen molar-refractivity contribution in [3.63, 3.8) is 0 Å². The van der Waals surface area contributed by atoms with E-state index in [1.165, 1.54) is 49.0 Å². The summed E-state index contributed by atoms with van der Waals surface area (Å²) in [6.45, 7) is 21.9. The van der Waals surface area contributed by atoms with Crippen molar-refractivity contribution in [2.45, 2.75) is 132 Å². The summed E-state index contributed by atoms with van der Waals surface area (Å²) >= 11 is 2.07. The van der Waals surface area contributed by atoms with E-state index in [9.17, 15) is 0 Å². The van der Waals surface area contributed by atoms with E-state index in [0.29, 0.717) is 10.8 Å². The topological polar surface area (TPSA) is 0 Å². The van der Waals surface area contributed by atoms with Gasteiger partial charge in [-0.25, -0.2) is 0 Å². The minimum absolute atomic E-state index is 0.235. The highest BCUT2D eigenvalue weighted by molar-refractivity contribution is 7.99. The molecule has 2 aliphatic carbocycles. The van der Waals surface area contributed by atoms with Crippen LogP contribution in [0.1, 0.15) is 122 Å². The Labute approximate surface area is 202 Å². The Hall–Kier alpha value is -1.21. The van der Waals surface area contributed by atoms with Crippen molar-refractivity contribution in [2.24, 2.45) is 0 Å². The molecule has 174 valence electrons. The van der Waals surface area contributed by atoms with Gasteiger partial charge in [0.05, 0.1) is 0 Å². The lowest BCUT2D eigenvalue weighted by atomic mass is 9.72. The molecule has 0 unspecified atom stereocenters. The molecule has 0 saturated carbocycles. The van der Waals surface area contributed by atoms with E-state index in [1.807, 2.05) is 0 Å². The van der Waals surface area contributed by atoms with Gasteiger partial charge in [0.2, 0.25) is 0 Å². The number of aryl methyl sites for hydroxylation is 1. The Bertz CT molecular complexity index is 941. The molecule has 4 rings (SSSR count). The van der Waals surface area contributed by atoms with Gasteiger partial charge in [-0.2, -0.15) is 0 Å². The fraction of sp³-hybridized carbons (Fsp3) is 0.613. The number of hydrogen-bond donors (Lipinski definition) is 0. The molecule has 0 aliphatic heterocycles. The molecule has 2 aromatic carbocycles. The number of benzene rings is 2. The van der Waals surface area contributed by atoms with Crippen molar-refractivity contribution in [1.82, 2.24) is 0 Å². The maximum atomic E-state index is 2.68. The van der Waals surface area contributed by atoms with E-state index in [1.54, 1.807) is 27.1 Å². The third kappa shape index (κ3) is 3.41. The largest absolute Gasteiger partial charge is 0.0895 e.